The molecule has 1 heteroatoms. The number of rotatable bonds is 4. The highest BCUT2D eigenvalue weighted by molar-refractivity contribution is 5.19. The van der Waals surface area contributed by atoms with Gasteiger partial charge in [0.25, 0.3) is 0 Å². The monoisotopic (exact) mass is 163 g/mol. The van der Waals surface area contributed by atoms with Gasteiger partial charge in [-0.15, -0.1) is 0 Å². The summed E-state index contributed by atoms with van der Waals surface area (Å²) in [7, 11) is 0. The van der Waals surface area contributed by atoms with E-state index in [1.165, 1.54) is 12.0 Å². The SMILES string of the molecule is CCC(CCN)c1ccccc1. The van der Waals surface area contributed by atoms with E-state index in [9.17, 15) is 0 Å². The molecule has 12 heavy (non-hydrogen) atoms. The molecule has 1 aromatic rings. The van der Waals surface area contributed by atoms with E-state index >= 15 is 0 Å². The largest absolute Gasteiger partial charge is 0.330 e. The Hall–Kier alpha value is -0.820. The van der Waals surface area contributed by atoms with Crippen molar-refractivity contribution < 1.29 is 0 Å². The molecular weight excluding hydrogens is 146 g/mol. The molecule has 0 fully saturated rings. The maximum absolute atomic E-state index is 5.54. The van der Waals surface area contributed by atoms with Crippen molar-refractivity contribution in [2.45, 2.75) is 25.7 Å². The Balaban J connectivity index is 2.66. The Morgan fingerprint density at radius 3 is 2.42 bits per heavy atom. The fourth-order valence-electron chi connectivity index (χ4n) is 1.53. The molecule has 0 saturated heterocycles. The maximum atomic E-state index is 5.54. The third-order valence-electron chi connectivity index (χ3n) is 2.28. The van der Waals surface area contributed by atoms with Crippen molar-refractivity contribution >= 4 is 0 Å². The van der Waals surface area contributed by atoms with Gasteiger partial charge < -0.3 is 5.73 Å². The summed E-state index contributed by atoms with van der Waals surface area (Å²) in [6.45, 7) is 3.00. The normalized spacial score (nSPS) is 12.8. The quantitative estimate of drug-likeness (QED) is 0.725. The van der Waals surface area contributed by atoms with Crippen LogP contribution in [0.5, 0.6) is 0 Å². The highest BCUT2D eigenvalue weighted by Gasteiger charge is 2.06. The van der Waals surface area contributed by atoms with Gasteiger partial charge in [0, 0.05) is 0 Å². The van der Waals surface area contributed by atoms with Crippen molar-refractivity contribution in [2.24, 2.45) is 5.73 Å². The van der Waals surface area contributed by atoms with Crippen LogP contribution in [-0.4, -0.2) is 6.54 Å². The van der Waals surface area contributed by atoms with Crippen molar-refractivity contribution in [1.29, 1.82) is 0 Å². The van der Waals surface area contributed by atoms with E-state index in [-0.39, 0.29) is 0 Å². The van der Waals surface area contributed by atoms with Crippen LogP contribution in [0.1, 0.15) is 31.2 Å². The van der Waals surface area contributed by atoms with Gasteiger partial charge in [-0.1, -0.05) is 37.3 Å². The summed E-state index contributed by atoms with van der Waals surface area (Å²) in [6.07, 6.45) is 2.28. The molecule has 0 aliphatic carbocycles. The van der Waals surface area contributed by atoms with Crippen molar-refractivity contribution in [3.8, 4) is 0 Å². The molecule has 0 bridgehead atoms. The molecule has 0 aliphatic heterocycles. The number of nitrogens with two attached hydrogens (primary N) is 1. The van der Waals surface area contributed by atoms with Crippen LogP contribution < -0.4 is 5.73 Å². The molecule has 1 rings (SSSR count). The van der Waals surface area contributed by atoms with Gasteiger partial charge in [-0.2, -0.15) is 0 Å². The molecule has 0 saturated carbocycles. The van der Waals surface area contributed by atoms with E-state index < -0.39 is 0 Å². The lowest BCUT2D eigenvalue weighted by Crippen LogP contribution is -2.06. The summed E-state index contributed by atoms with van der Waals surface area (Å²) in [5.41, 5.74) is 6.96. The molecule has 1 nitrogen and oxygen atoms in total. The minimum absolute atomic E-state index is 0.649. The van der Waals surface area contributed by atoms with Crippen molar-refractivity contribution in [1.82, 2.24) is 0 Å². The number of hydrogen-bond donors (Lipinski definition) is 1. The lowest BCUT2D eigenvalue weighted by molar-refractivity contribution is 0.614. The van der Waals surface area contributed by atoms with Crippen LogP contribution in [0.2, 0.25) is 0 Å². The second-order valence-corrected chi connectivity index (χ2v) is 3.09. The first kappa shape index (κ1) is 9.27. The number of benzene rings is 1. The Bertz CT molecular complexity index is 206. The Morgan fingerprint density at radius 1 is 1.25 bits per heavy atom. The smallest absolute Gasteiger partial charge is 0.00714 e. The molecule has 0 radical (unpaired) electrons. The first-order valence-electron chi connectivity index (χ1n) is 4.63. The molecular formula is C11H17N. The summed E-state index contributed by atoms with van der Waals surface area (Å²) >= 11 is 0. The van der Waals surface area contributed by atoms with E-state index in [1.807, 2.05) is 0 Å². The third kappa shape index (κ3) is 2.35. The van der Waals surface area contributed by atoms with E-state index in [1.54, 1.807) is 0 Å². The first-order valence-corrected chi connectivity index (χ1v) is 4.63. The third-order valence-corrected chi connectivity index (χ3v) is 2.28. The fourth-order valence-corrected chi connectivity index (χ4v) is 1.53. The molecule has 0 aliphatic rings. The van der Waals surface area contributed by atoms with Crippen LogP contribution in [0.25, 0.3) is 0 Å². The number of hydrogen-bond acceptors (Lipinski definition) is 1. The zero-order valence-corrected chi connectivity index (χ0v) is 7.66. The molecule has 1 aromatic carbocycles. The molecule has 1 atom stereocenters. The Morgan fingerprint density at radius 2 is 1.92 bits per heavy atom. The lowest BCUT2D eigenvalue weighted by atomic mass is 9.93. The van der Waals surface area contributed by atoms with E-state index in [2.05, 4.69) is 37.3 Å². The van der Waals surface area contributed by atoms with Crippen molar-refractivity contribution in [2.75, 3.05) is 6.54 Å². The maximum Gasteiger partial charge on any atom is -0.00714 e. The van der Waals surface area contributed by atoms with Gasteiger partial charge in [-0.05, 0) is 30.9 Å². The summed E-state index contributed by atoms with van der Waals surface area (Å²) in [4.78, 5) is 0. The van der Waals surface area contributed by atoms with Gasteiger partial charge in [0.1, 0.15) is 0 Å². The predicted octanol–water partition coefficient (Wildman–Crippen LogP) is 2.53. The second-order valence-electron chi connectivity index (χ2n) is 3.09. The van der Waals surface area contributed by atoms with E-state index in [0.29, 0.717) is 5.92 Å². The fraction of sp³-hybridized carbons (Fsp3) is 0.455. The van der Waals surface area contributed by atoms with Gasteiger partial charge in [-0.3, -0.25) is 0 Å². The van der Waals surface area contributed by atoms with Gasteiger partial charge in [-0.25, -0.2) is 0 Å². The minimum Gasteiger partial charge on any atom is -0.330 e. The van der Waals surface area contributed by atoms with Crippen molar-refractivity contribution in [3.63, 3.8) is 0 Å². The van der Waals surface area contributed by atoms with Crippen LogP contribution in [-0.2, 0) is 0 Å². The van der Waals surface area contributed by atoms with Gasteiger partial charge >= 0.3 is 0 Å². The molecule has 0 heterocycles. The molecule has 2 N–H and O–H groups in total. The summed E-state index contributed by atoms with van der Waals surface area (Å²) in [5.74, 6) is 0.649. The average Bonchev–Trinajstić information content (AvgIpc) is 2.15. The molecule has 0 amide bonds. The van der Waals surface area contributed by atoms with Crippen LogP contribution in [0.4, 0.5) is 0 Å². The highest BCUT2D eigenvalue weighted by Crippen LogP contribution is 2.21. The molecule has 66 valence electrons. The topological polar surface area (TPSA) is 26.0 Å². The second kappa shape index (κ2) is 4.94. The lowest BCUT2D eigenvalue weighted by Gasteiger charge is -2.13. The zero-order valence-electron chi connectivity index (χ0n) is 7.66. The molecule has 0 spiro atoms. The van der Waals surface area contributed by atoms with Gasteiger partial charge in [0.2, 0.25) is 0 Å². The summed E-state index contributed by atoms with van der Waals surface area (Å²) in [5, 5.41) is 0. The predicted molar refractivity (Wildman–Crippen MR) is 53.1 cm³/mol. The molecule has 0 aromatic heterocycles. The molecule has 1 unspecified atom stereocenters. The minimum atomic E-state index is 0.649. The van der Waals surface area contributed by atoms with E-state index in [4.69, 9.17) is 5.73 Å². The average molecular weight is 163 g/mol. The highest BCUT2D eigenvalue weighted by atomic mass is 14.5. The standard InChI is InChI=1S/C11H17N/c1-2-10(8-9-12)11-6-4-3-5-7-11/h3-7,10H,2,8-9,12H2,1H3. The van der Waals surface area contributed by atoms with E-state index in [0.717, 1.165) is 13.0 Å². The van der Waals surface area contributed by atoms with Gasteiger partial charge in [0.15, 0.2) is 0 Å². The van der Waals surface area contributed by atoms with Crippen LogP contribution in [0.3, 0.4) is 0 Å². The zero-order chi connectivity index (χ0) is 8.81. The summed E-state index contributed by atoms with van der Waals surface area (Å²) in [6, 6.07) is 10.6. The van der Waals surface area contributed by atoms with Gasteiger partial charge in [0.05, 0.1) is 0 Å². The summed E-state index contributed by atoms with van der Waals surface area (Å²) < 4.78 is 0. The van der Waals surface area contributed by atoms with Crippen LogP contribution in [0.15, 0.2) is 30.3 Å². The van der Waals surface area contributed by atoms with Crippen LogP contribution >= 0.6 is 0 Å². The Kier molecular flexibility index (Phi) is 3.81. The first-order chi connectivity index (χ1) is 5.88. The Labute approximate surface area is 74.6 Å². The van der Waals surface area contributed by atoms with Crippen LogP contribution in [0, 0.1) is 0 Å². The van der Waals surface area contributed by atoms with Crippen molar-refractivity contribution in [3.05, 3.63) is 35.9 Å².